The van der Waals surface area contributed by atoms with E-state index in [0.29, 0.717) is 0 Å². The van der Waals surface area contributed by atoms with Crippen molar-refractivity contribution in [1.82, 2.24) is 5.32 Å². The van der Waals surface area contributed by atoms with Gasteiger partial charge in [0.2, 0.25) is 0 Å². The molecule has 0 aliphatic carbocycles. The quantitative estimate of drug-likeness (QED) is 0.376. The SMILES string of the molecule is CCOC(=O)C(/C=C\c1ccccc1)=C/NC(=O)C(Cl)(Cl)Cl. The van der Waals surface area contributed by atoms with Crippen molar-refractivity contribution < 1.29 is 14.3 Å². The van der Waals surface area contributed by atoms with Crippen molar-refractivity contribution in [2.75, 3.05) is 6.61 Å². The van der Waals surface area contributed by atoms with Crippen LogP contribution in [0.3, 0.4) is 0 Å². The standard InChI is InChI=1S/C15H14Cl3NO3/c1-2-22-13(20)12(10-19-14(21)15(16,17)18)9-8-11-6-4-3-5-7-11/h3-10H,2H2,1H3,(H,19,21)/b9-8-,12-10+. The molecule has 1 aromatic rings. The molecule has 0 spiro atoms. The van der Waals surface area contributed by atoms with Gasteiger partial charge in [0.1, 0.15) is 0 Å². The molecular weight excluding hydrogens is 349 g/mol. The lowest BCUT2D eigenvalue weighted by Crippen LogP contribution is -2.31. The van der Waals surface area contributed by atoms with E-state index in [1.54, 1.807) is 13.0 Å². The first kappa shape index (κ1) is 18.6. The average molecular weight is 363 g/mol. The van der Waals surface area contributed by atoms with E-state index < -0.39 is 15.7 Å². The van der Waals surface area contributed by atoms with Gasteiger partial charge in [-0.3, -0.25) is 4.79 Å². The molecule has 1 amide bonds. The van der Waals surface area contributed by atoms with Gasteiger partial charge in [0.05, 0.1) is 12.2 Å². The number of rotatable bonds is 5. The highest BCUT2D eigenvalue weighted by molar-refractivity contribution is 6.76. The number of hydrogen-bond donors (Lipinski definition) is 1. The van der Waals surface area contributed by atoms with Crippen LogP contribution in [0, 0.1) is 0 Å². The van der Waals surface area contributed by atoms with E-state index in [1.807, 2.05) is 30.3 Å². The maximum atomic E-state index is 11.8. The number of amides is 1. The van der Waals surface area contributed by atoms with Crippen LogP contribution in [0.4, 0.5) is 0 Å². The first-order valence-electron chi connectivity index (χ1n) is 6.32. The summed E-state index contributed by atoms with van der Waals surface area (Å²) in [6.07, 6.45) is 4.35. The van der Waals surface area contributed by atoms with Gasteiger partial charge in [0, 0.05) is 6.20 Å². The normalized spacial score (nSPS) is 12.3. The van der Waals surface area contributed by atoms with Crippen molar-refractivity contribution in [3.63, 3.8) is 0 Å². The second kappa shape index (κ2) is 8.83. The molecule has 118 valence electrons. The van der Waals surface area contributed by atoms with Gasteiger partial charge in [-0.1, -0.05) is 71.2 Å². The molecule has 0 saturated heterocycles. The van der Waals surface area contributed by atoms with Gasteiger partial charge in [-0.05, 0) is 18.6 Å². The van der Waals surface area contributed by atoms with Crippen LogP contribution in [-0.4, -0.2) is 22.3 Å². The van der Waals surface area contributed by atoms with Gasteiger partial charge in [-0.25, -0.2) is 4.79 Å². The maximum absolute atomic E-state index is 11.8. The summed E-state index contributed by atoms with van der Waals surface area (Å²) in [5, 5.41) is 2.25. The molecule has 0 fully saturated rings. The first-order chi connectivity index (χ1) is 10.3. The molecule has 0 heterocycles. The Morgan fingerprint density at radius 3 is 2.41 bits per heavy atom. The van der Waals surface area contributed by atoms with Crippen molar-refractivity contribution >= 4 is 52.8 Å². The molecule has 0 bridgehead atoms. The summed E-state index contributed by atoms with van der Waals surface area (Å²) in [4.78, 5) is 23.3. The Morgan fingerprint density at radius 1 is 1.23 bits per heavy atom. The molecule has 1 aromatic carbocycles. The highest BCUT2D eigenvalue weighted by Crippen LogP contribution is 2.25. The third kappa shape index (κ3) is 6.52. The number of alkyl halides is 3. The molecule has 0 radical (unpaired) electrons. The van der Waals surface area contributed by atoms with Crippen molar-refractivity contribution in [2.45, 2.75) is 10.7 Å². The largest absolute Gasteiger partial charge is 0.462 e. The van der Waals surface area contributed by atoms with E-state index >= 15 is 0 Å². The molecule has 1 N–H and O–H groups in total. The molecule has 0 aliphatic heterocycles. The van der Waals surface area contributed by atoms with Gasteiger partial charge in [-0.15, -0.1) is 0 Å². The summed E-state index contributed by atoms with van der Waals surface area (Å²) >= 11 is 16.3. The molecule has 0 unspecified atom stereocenters. The smallest absolute Gasteiger partial charge is 0.339 e. The maximum Gasteiger partial charge on any atom is 0.339 e. The van der Waals surface area contributed by atoms with Gasteiger partial charge in [0.25, 0.3) is 9.70 Å². The van der Waals surface area contributed by atoms with Crippen molar-refractivity contribution in [3.8, 4) is 0 Å². The van der Waals surface area contributed by atoms with E-state index in [2.05, 4.69) is 5.32 Å². The number of nitrogens with one attached hydrogen (secondary N) is 1. The lowest BCUT2D eigenvalue weighted by atomic mass is 10.1. The van der Waals surface area contributed by atoms with Crippen molar-refractivity contribution in [2.24, 2.45) is 0 Å². The summed E-state index contributed by atoms with van der Waals surface area (Å²) in [6.45, 7) is 1.88. The fourth-order valence-corrected chi connectivity index (χ4v) is 1.53. The van der Waals surface area contributed by atoms with Gasteiger partial charge in [0.15, 0.2) is 0 Å². The summed E-state index contributed by atoms with van der Waals surface area (Å²) in [5.74, 6) is -1.47. The zero-order chi connectivity index (χ0) is 16.6. The van der Waals surface area contributed by atoms with Crippen LogP contribution in [0.15, 0.2) is 48.2 Å². The number of benzene rings is 1. The molecule has 0 atom stereocenters. The molecular formula is C15H14Cl3NO3. The average Bonchev–Trinajstić information content (AvgIpc) is 2.47. The second-order valence-electron chi connectivity index (χ2n) is 4.04. The molecule has 0 aromatic heterocycles. The van der Waals surface area contributed by atoms with Crippen molar-refractivity contribution in [1.29, 1.82) is 0 Å². The zero-order valence-corrected chi connectivity index (χ0v) is 14.0. The highest BCUT2D eigenvalue weighted by atomic mass is 35.6. The lowest BCUT2D eigenvalue weighted by molar-refractivity contribution is -0.138. The molecule has 22 heavy (non-hydrogen) atoms. The van der Waals surface area contributed by atoms with Crippen LogP contribution in [0.25, 0.3) is 6.08 Å². The minimum Gasteiger partial charge on any atom is -0.462 e. The minimum absolute atomic E-state index is 0.119. The molecule has 0 saturated carbocycles. The molecule has 1 rings (SSSR count). The third-order valence-corrected chi connectivity index (χ3v) is 2.90. The van der Waals surface area contributed by atoms with E-state index in [4.69, 9.17) is 39.5 Å². The monoisotopic (exact) mass is 361 g/mol. The summed E-state index contributed by atoms with van der Waals surface area (Å²) in [6, 6.07) is 9.31. The van der Waals surface area contributed by atoms with Crippen LogP contribution in [0.5, 0.6) is 0 Å². The minimum atomic E-state index is -2.11. The van der Waals surface area contributed by atoms with Gasteiger partial charge < -0.3 is 10.1 Å². The number of halogens is 3. The van der Waals surface area contributed by atoms with Gasteiger partial charge in [-0.2, -0.15) is 0 Å². The van der Waals surface area contributed by atoms with Crippen LogP contribution in [0.2, 0.25) is 0 Å². The van der Waals surface area contributed by atoms with Crippen LogP contribution < -0.4 is 5.32 Å². The molecule has 0 aliphatic rings. The van der Waals surface area contributed by atoms with E-state index in [0.717, 1.165) is 11.8 Å². The Kier molecular flexibility index (Phi) is 7.45. The number of ether oxygens (including phenoxy) is 1. The fraction of sp³-hybridized carbons (Fsp3) is 0.200. The number of esters is 1. The van der Waals surface area contributed by atoms with Crippen LogP contribution in [0.1, 0.15) is 12.5 Å². The Balaban J connectivity index is 2.91. The lowest BCUT2D eigenvalue weighted by Gasteiger charge is -2.09. The predicted octanol–water partition coefficient (Wildman–Crippen LogP) is 3.63. The van der Waals surface area contributed by atoms with Crippen LogP contribution in [-0.2, 0) is 14.3 Å². The predicted molar refractivity (Wildman–Crippen MR) is 88.6 cm³/mol. The first-order valence-corrected chi connectivity index (χ1v) is 7.46. The molecule has 4 nitrogen and oxygen atoms in total. The van der Waals surface area contributed by atoms with Crippen molar-refractivity contribution in [3.05, 3.63) is 53.7 Å². The zero-order valence-electron chi connectivity index (χ0n) is 11.7. The van der Waals surface area contributed by atoms with E-state index in [1.165, 1.54) is 6.08 Å². The fourth-order valence-electron chi connectivity index (χ4n) is 1.36. The second-order valence-corrected chi connectivity index (χ2v) is 6.32. The number of carbonyl (C=O) groups excluding carboxylic acids is 2. The summed E-state index contributed by atoms with van der Waals surface area (Å²) in [5.41, 5.74) is 0.999. The summed E-state index contributed by atoms with van der Waals surface area (Å²) < 4.78 is 2.79. The van der Waals surface area contributed by atoms with E-state index in [-0.39, 0.29) is 12.2 Å². The number of carbonyl (C=O) groups is 2. The highest BCUT2D eigenvalue weighted by Gasteiger charge is 2.30. The Bertz CT molecular complexity index is 577. The topological polar surface area (TPSA) is 55.4 Å². The van der Waals surface area contributed by atoms with E-state index in [9.17, 15) is 9.59 Å². The summed E-state index contributed by atoms with van der Waals surface area (Å²) in [7, 11) is 0. The third-order valence-electron chi connectivity index (χ3n) is 2.38. The van der Waals surface area contributed by atoms with Gasteiger partial charge >= 0.3 is 5.97 Å². The number of hydrogen-bond acceptors (Lipinski definition) is 3. The van der Waals surface area contributed by atoms with Crippen LogP contribution >= 0.6 is 34.8 Å². The Labute approximate surface area is 143 Å². The molecule has 7 heteroatoms. The Morgan fingerprint density at radius 2 is 1.86 bits per heavy atom. The Hall–Kier alpha value is -1.49.